The highest BCUT2D eigenvalue weighted by Crippen LogP contribution is 2.77. The van der Waals surface area contributed by atoms with Crippen LogP contribution < -0.4 is 0 Å². The van der Waals surface area contributed by atoms with Crippen molar-refractivity contribution in [1.29, 1.82) is 0 Å². The van der Waals surface area contributed by atoms with Crippen LogP contribution in [0.2, 0.25) is 0 Å². The monoisotopic (exact) mass is 470 g/mol. The smallest absolute Gasteiger partial charge is 0.312 e. The second kappa shape index (κ2) is 7.59. The van der Waals surface area contributed by atoms with Crippen molar-refractivity contribution in [2.75, 3.05) is 7.11 Å². The largest absolute Gasteiger partial charge is 0.469 e. The summed E-state index contributed by atoms with van der Waals surface area (Å²) in [6, 6.07) is 0. The molecule has 0 amide bonds. The molecule has 3 nitrogen and oxygen atoms in total. The maximum Gasteiger partial charge on any atom is 0.312 e. The van der Waals surface area contributed by atoms with E-state index in [4.69, 9.17) is 4.74 Å². The van der Waals surface area contributed by atoms with E-state index in [0.29, 0.717) is 35.0 Å². The predicted octanol–water partition coefficient (Wildman–Crippen LogP) is 7.18. The van der Waals surface area contributed by atoms with Crippen LogP contribution in [0.15, 0.2) is 12.2 Å². The first-order chi connectivity index (χ1) is 15.8. The van der Waals surface area contributed by atoms with Crippen LogP contribution in [0.3, 0.4) is 0 Å². The lowest BCUT2D eigenvalue weighted by Gasteiger charge is -2.72. The van der Waals surface area contributed by atoms with Gasteiger partial charge in [-0.2, -0.15) is 0 Å². The molecule has 34 heavy (non-hydrogen) atoms. The van der Waals surface area contributed by atoms with Gasteiger partial charge in [-0.25, -0.2) is 0 Å². The van der Waals surface area contributed by atoms with E-state index in [9.17, 15) is 9.90 Å². The number of ether oxygens (including phenoxy) is 1. The summed E-state index contributed by atoms with van der Waals surface area (Å²) in [6.45, 7) is 19.1. The molecule has 0 aliphatic heterocycles. The van der Waals surface area contributed by atoms with E-state index < -0.39 is 0 Å². The van der Waals surface area contributed by atoms with Gasteiger partial charge in [0.05, 0.1) is 18.6 Å². The molecule has 1 N–H and O–H groups in total. The lowest BCUT2D eigenvalue weighted by Crippen LogP contribution is -2.67. The van der Waals surface area contributed by atoms with E-state index in [1.807, 2.05) is 0 Å². The van der Waals surface area contributed by atoms with Crippen molar-refractivity contribution in [3.05, 3.63) is 12.2 Å². The number of carbonyl (C=O) groups is 1. The Morgan fingerprint density at radius 2 is 1.56 bits per heavy atom. The van der Waals surface area contributed by atoms with E-state index in [1.165, 1.54) is 31.3 Å². The van der Waals surface area contributed by atoms with E-state index >= 15 is 0 Å². The minimum absolute atomic E-state index is 0.00478. The Morgan fingerprint density at radius 3 is 2.21 bits per heavy atom. The Bertz CT molecular complexity index is 876. The summed E-state index contributed by atoms with van der Waals surface area (Å²) in [5.41, 5.74) is 1.78. The molecule has 5 aliphatic carbocycles. The minimum atomic E-state index is -0.302. The summed E-state index contributed by atoms with van der Waals surface area (Å²) in [6.07, 6.45) is 11.1. The fourth-order valence-corrected chi connectivity index (χ4v) is 11.7. The van der Waals surface area contributed by atoms with Crippen LogP contribution in [0.5, 0.6) is 0 Å². The highest BCUT2D eigenvalue weighted by Gasteiger charge is 2.72. The van der Waals surface area contributed by atoms with Crippen LogP contribution in [-0.2, 0) is 9.53 Å². The van der Waals surface area contributed by atoms with Crippen molar-refractivity contribution in [2.24, 2.45) is 56.7 Å². The molecule has 0 spiro atoms. The molecule has 5 aliphatic rings. The van der Waals surface area contributed by atoms with E-state index in [0.717, 1.165) is 38.5 Å². The van der Waals surface area contributed by atoms with Crippen LogP contribution in [0, 0.1) is 56.7 Å². The van der Waals surface area contributed by atoms with Gasteiger partial charge in [-0.15, -0.1) is 0 Å². The Balaban J connectivity index is 1.56. The van der Waals surface area contributed by atoms with Gasteiger partial charge in [0.2, 0.25) is 0 Å². The van der Waals surface area contributed by atoms with Gasteiger partial charge in [-0.05, 0) is 122 Å². The van der Waals surface area contributed by atoms with Crippen molar-refractivity contribution in [1.82, 2.24) is 0 Å². The first-order valence-corrected chi connectivity index (χ1v) is 14.2. The lowest BCUT2D eigenvalue weighted by molar-refractivity contribution is -0.248. The molecule has 0 aromatic carbocycles. The zero-order valence-corrected chi connectivity index (χ0v) is 23.0. The molecule has 5 rings (SSSR count). The third-order valence-corrected chi connectivity index (χ3v) is 13.6. The summed E-state index contributed by atoms with van der Waals surface area (Å²) >= 11 is 0. The summed E-state index contributed by atoms with van der Waals surface area (Å²) in [5, 5.41) is 10.9. The number of methoxy groups -OCH3 is 1. The average Bonchev–Trinajstić information content (AvgIpc) is 3.18. The SMILES string of the molecule is C=C(C)[C@@H]1CC[C@]2(C(=O)OC)CC[C@]3(C)[C@H](CC[C@H]4[C@@]5(C)CC[C@@H](O)C(C)(C)[C@@H]5CC[C@]43C)[C@H]12. The molecule has 3 heteroatoms. The topological polar surface area (TPSA) is 46.5 Å². The fraction of sp³-hybridized carbons (Fsp3) is 0.903. The first-order valence-electron chi connectivity index (χ1n) is 14.2. The maximum absolute atomic E-state index is 13.3. The highest BCUT2D eigenvalue weighted by molar-refractivity contribution is 5.78. The van der Waals surface area contributed by atoms with Gasteiger partial charge in [0.25, 0.3) is 0 Å². The molecule has 192 valence electrons. The third kappa shape index (κ3) is 2.83. The minimum Gasteiger partial charge on any atom is -0.469 e. The zero-order valence-electron chi connectivity index (χ0n) is 23.0. The Morgan fingerprint density at radius 1 is 0.853 bits per heavy atom. The summed E-state index contributed by atoms with van der Waals surface area (Å²) < 4.78 is 5.49. The maximum atomic E-state index is 13.3. The molecule has 0 aromatic heterocycles. The molecule has 5 fully saturated rings. The van der Waals surface area contributed by atoms with Crippen molar-refractivity contribution in [3.63, 3.8) is 0 Å². The first kappa shape index (κ1) is 24.8. The molecule has 5 saturated carbocycles. The molecule has 10 atom stereocenters. The quantitative estimate of drug-likeness (QED) is 0.343. The molecule has 0 saturated heterocycles. The molecule has 0 aromatic rings. The number of carbonyl (C=O) groups excluding carboxylic acids is 1. The van der Waals surface area contributed by atoms with Crippen molar-refractivity contribution in [3.8, 4) is 0 Å². The molecule has 0 radical (unpaired) electrons. The fourth-order valence-electron chi connectivity index (χ4n) is 11.7. The van der Waals surface area contributed by atoms with Gasteiger partial charge in [0.15, 0.2) is 0 Å². The molecule has 0 bridgehead atoms. The number of fused-ring (bicyclic) bond motifs is 7. The van der Waals surface area contributed by atoms with Crippen molar-refractivity contribution < 1.29 is 14.6 Å². The second-order valence-corrected chi connectivity index (χ2v) is 14.7. The van der Waals surface area contributed by atoms with Crippen LogP contribution in [0.4, 0.5) is 0 Å². The summed E-state index contributed by atoms with van der Waals surface area (Å²) in [7, 11) is 1.59. The van der Waals surface area contributed by atoms with E-state index in [-0.39, 0.29) is 33.7 Å². The van der Waals surface area contributed by atoms with E-state index in [1.54, 1.807) is 7.11 Å². The molecule has 0 heterocycles. The van der Waals surface area contributed by atoms with Gasteiger partial charge in [0, 0.05) is 0 Å². The molecular weight excluding hydrogens is 420 g/mol. The number of hydrogen-bond acceptors (Lipinski definition) is 3. The van der Waals surface area contributed by atoms with Gasteiger partial charge < -0.3 is 9.84 Å². The Hall–Kier alpha value is -0.830. The van der Waals surface area contributed by atoms with Gasteiger partial charge in [-0.1, -0.05) is 46.8 Å². The predicted molar refractivity (Wildman–Crippen MR) is 137 cm³/mol. The number of hydrogen-bond donors (Lipinski definition) is 1. The number of aliphatic hydroxyl groups excluding tert-OH is 1. The second-order valence-electron chi connectivity index (χ2n) is 14.7. The van der Waals surface area contributed by atoms with Gasteiger partial charge >= 0.3 is 5.97 Å². The van der Waals surface area contributed by atoms with Crippen LogP contribution in [-0.4, -0.2) is 24.3 Å². The number of esters is 1. The van der Waals surface area contributed by atoms with Crippen molar-refractivity contribution >= 4 is 5.97 Å². The molecular formula is C31H50O3. The van der Waals surface area contributed by atoms with Crippen LogP contribution in [0.25, 0.3) is 0 Å². The normalized spacial score (nSPS) is 53.6. The van der Waals surface area contributed by atoms with E-state index in [2.05, 4.69) is 48.1 Å². The zero-order chi connectivity index (χ0) is 24.9. The number of allylic oxidation sites excluding steroid dienone is 1. The standard InChI is InChI=1S/C31H50O3/c1-19(2)20-11-16-31(26(33)34-8)18-17-29(6)21(25(20)31)9-10-23-28(5)14-13-24(32)27(3,4)22(28)12-15-30(23,29)7/h20-25,32H,1,9-18H2,2-8H3/t20-,21+,22-,23-,24+,25-,28-,29+,30+,31-/m0/s1. The van der Waals surface area contributed by atoms with Gasteiger partial charge in [-0.3, -0.25) is 4.79 Å². The van der Waals surface area contributed by atoms with Gasteiger partial charge in [0.1, 0.15) is 0 Å². The number of aliphatic hydroxyl groups is 1. The Kier molecular flexibility index (Phi) is 5.55. The summed E-state index contributed by atoms with van der Waals surface area (Å²) in [4.78, 5) is 13.3. The number of rotatable bonds is 2. The summed E-state index contributed by atoms with van der Waals surface area (Å²) in [5.74, 6) is 2.72. The average molecular weight is 471 g/mol. The van der Waals surface area contributed by atoms with Crippen LogP contribution in [0.1, 0.15) is 106 Å². The van der Waals surface area contributed by atoms with Crippen LogP contribution >= 0.6 is 0 Å². The Labute approximate surface area is 208 Å². The highest BCUT2D eigenvalue weighted by atomic mass is 16.5. The lowest BCUT2D eigenvalue weighted by atomic mass is 9.32. The van der Waals surface area contributed by atoms with Crippen molar-refractivity contribution in [2.45, 2.75) is 112 Å². The third-order valence-electron chi connectivity index (χ3n) is 13.6. The molecule has 0 unspecified atom stereocenters.